The molecule has 3 rings (SSSR count). The molecule has 0 unspecified atom stereocenters. The summed E-state index contributed by atoms with van der Waals surface area (Å²) in [6.45, 7) is 5.01. The molecule has 0 saturated heterocycles. The third kappa shape index (κ3) is 3.42. The van der Waals surface area contributed by atoms with Crippen molar-refractivity contribution in [2.45, 2.75) is 26.8 Å². The molecule has 0 aliphatic carbocycles. The molecule has 0 spiro atoms. The van der Waals surface area contributed by atoms with Crippen molar-refractivity contribution in [2.24, 2.45) is 0 Å². The molecule has 0 radical (unpaired) electrons. The van der Waals surface area contributed by atoms with E-state index in [2.05, 4.69) is 73.3 Å². The summed E-state index contributed by atoms with van der Waals surface area (Å²) < 4.78 is 0. The molecule has 1 heterocycles. The molecule has 2 aromatic rings. The van der Waals surface area contributed by atoms with E-state index < -0.39 is 0 Å². The van der Waals surface area contributed by atoms with E-state index in [9.17, 15) is 0 Å². The lowest BCUT2D eigenvalue weighted by molar-refractivity contribution is 0.926. The van der Waals surface area contributed by atoms with Gasteiger partial charge >= 0.3 is 0 Å². The van der Waals surface area contributed by atoms with Gasteiger partial charge in [-0.05, 0) is 29.2 Å². The zero-order chi connectivity index (χ0) is 15.0. The highest BCUT2D eigenvalue weighted by atomic mass is 15.1. The van der Waals surface area contributed by atoms with Crippen LogP contribution in [0.15, 0.2) is 48.5 Å². The van der Waals surface area contributed by atoms with E-state index in [1.165, 1.54) is 22.4 Å². The minimum atomic E-state index is 1.01. The Kier molecular flexibility index (Phi) is 6.40. The number of para-hydroxylation sites is 1. The summed E-state index contributed by atoms with van der Waals surface area (Å²) in [6, 6.07) is 17.4. The van der Waals surface area contributed by atoms with Crippen LogP contribution in [0.4, 0.5) is 5.69 Å². The van der Waals surface area contributed by atoms with Crippen molar-refractivity contribution in [3.05, 3.63) is 65.2 Å². The van der Waals surface area contributed by atoms with Crippen LogP contribution in [0.2, 0.25) is 0 Å². The first-order chi connectivity index (χ1) is 9.84. The fourth-order valence-corrected chi connectivity index (χ4v) is 2.46. The fraction of sp³-hybridized carbons (Fsp3) is 0.263. The van der Waals surface area contributed by atoms with Gasteiger partial charge in [-0.1, -0.05) is 56.3 Å². The van der Waals surface area contributed by atoms with E-state index >= 15 is 0 Å². The lowest BCUT2D eigenvalue weighted by atomic mass is 10.0. The molecule has 0 aromatic heterocycles. The zero-order valence-corrected chi connectivity index (χ0v) is 12.6. The van der Waals surface area contributed by atoms with Crippen molar-refractivity contribution in [2.75, 3.05) is 11.9 Å². The molecule has 0 fully saturated rings. The maximum atomic E-state index is 4.00. The first kappa shape index (κ1) is 15.9. The molecule has 1 heteroatoms. The molecule has 1 nitrogen and oxygen atoms in total. The van der Waals surface area contributed by atoms with Gasteiger partial charge in [-0.2, -0.15) is 0 Å². The highest BCUT2D eigenvalue weighted by molar-refractivity contribution is 5.57. The SMILES string of the molecule is C#C.CC.CN1Cc2ccccc2Cc2ccccc21. The van der Waals surface area contributed by atoms with Gasteiger partial charge in [0.05, 0.1) is 0 Å². The number of hydrogen-bond donors (Lipinski definition) is 0. The second kappa shape index (κ2) is 8.07. The Hall–Kier alpha value is -2.20. The first-order valence-corrected chi connectivity index (χ1v) is 7.04. The summed E-state index contributed by atoms with van der Waals surface area (Å²) in [5, 5.41) is 0. The predicted octanol–water partition coefficient (Wildman–Crippen LogP) is 4.50. The minimum absolute atomic E-state index is 1.01. The van der Waals surface area contributed by atoms with Gasteiger partial charge in [-0.3, -0.25) is 0 Å². The second-order valence-corrected chi connectivity index (χ2v) is 4.43. The molecule has 20 heavy (non-hydrogen) atoms. The summed E-state index contributed by atoms with van der Waals surface area (Å²) in [4.78, 5) is 2.33. The molecular formula is C19H23N. The standard InChI is InChI=1S/C15H15N.C2H6.C2H2/c1-16-11-14-8-3-2-6-12(14)10-13-7-4-5-9-15(13)16;2*1-2/h2-9H,10-11H2,1H3;1-2H3;1-2H. The zero-order valence-electron chi connectivity index (χ0n) is 12.6. The first-order valence-electron chi connectivity index (χ1n) is 7.04. The number of benzene rings is 2. The lowest BCUT2D eigenvalue weighted by Crippen LogP contribution is -2.16. The number of anilines is 1. The van der Waals surface area contributed by atoms with Crippen molar-refractivity contribution in [1.29, 1.82) is 0 Å². The van der Waals surface area contributed by atoms with E-state index in [4.69, 9.17) is 0 Å². The molecule has 0 amide bonds. The van der Waals surface area contributed by atoms with Crippen molar-refractivity contribution in [3.8, 4) is 12.8 Å². The third-order valence-electron chi connectivity index (χ3n) is 3.31. The van der Waals surface area contributed by atoms with E-state index in [0.717, 1.165) is 13.0 Å². The van der Waals surface area contributed by atoms with Gasteiger partial charge in [-0.25, -0.2) is 0 Å². The molecule has 2 aromatic carbocycles. The number of rotatable bonds is 0. The summed E-state index contributed by atoms with van der Waals surface area (Å²) >= 11 is 0. The quantitative estimate of drug-likeness (QED) is 0.634. The number of hydrogen-bond acceptors (Lipinski definition) is 1. The van der Waals surface area contributed by atoms with Gasteiger partial charge in [0.2, 0.25) is 0 Å². The van der Waals surface area contributed by atoms with Crippen LogP contribution in [0.1, 0.15) is 30.5 Å². The van der Waals surface area contributed by atoms with Crippen molar-refractivity contribution < 1.29 is 0 Å². The van der Waals surface area contributed by atoms with E-state index in [1.807, 2.05) is 13.8 Å². The Labute approximate surface area is 123 Å². The Balaban J connectivity index is 0.000000461. The predicted molar refractivity (Wildman–Crippen MR) is 89.0 cm³/mol. The average molecular weight is 265 g/mol. The van der Waals surface area contributed by atoms with Crippen LogP contribution in [-0.4, -0.2) is 7.05 Å². The summed E-state index contributed by atoms with van der Waals surface area (Å²) in [6.07, 6.45) is 9.05. The Morgan fingerprint density at radius 3 is 1.95 bits per heavy atom. The van der Waals surface area contributed by atoms with Gasteiger partial charge in [0.15, 0.2) is 0 Å². The van der Waals surface area contributed by atoms with Crippen LogP contribution < -0.4 is 4.90 Å². The van der Waals surface area contributed by atoms with Crippen LogP contribution >= 0.6 is 0 Å². The molecule has 104 valence electrons. The number of terminal acetylenes is 1. The highest BCUT2D eigenvalue weighted by Gasteiger charge is 2.15. The normalized spacial score (nSPS) is 11.6. The van der Waals surface area contributed by atoms with Crippen LogP contribution in [-0.2, 0) is 13.0 Å². The Morgan fingerprint density at radius 2 is 1.30 bits per heavy atom. The van der Waals surface area contributed by atoms with Gasteiger partial charge in [0, 0.05) is 19.3 Å². The number of nitrogens with zero attached hydrogens (tertiary/aromatic N) is 1. The molecule has 1 aliphatic heterocycles. The van der Waals surface area contributed by atoms with Gasteiger partial charge in [-0.15, -0.1) is 12.8 Å². The maximum Gasteiger partial charge on any atom is 0.0429 e. The topological polar surface area (TPSA) is 3.24 Å². The van der Waals surface area contributed by atoms with E-state index in [-0.39, 0.29) is 0 Å². The van der Waals surface area contributed by atoms with E-state index in [0.29, 0.717) is 0 Å². The van der Waals surface area contributed by atoms with E-state index in [1.54, 1.807) is 0 Å². The minimum Gasteiger partial charge on any atom is -0.370 e. The third-order valence-corrected chi connectivity index (χ3v) is 3.31. The smallest absolute Gasteiger partial charge is 0.0429 e. The monoisotopic (exact) mass is 265 g/mol. The van der Waals surface area contributed by atoms with Gasteiger partial charge in [0.1, 0.15) is 0 Å². The molecule has 0 saturated carbocycles. The second-order valence-electron chi connectivity index (χ2n) is 4.43. The average Bonchev–Trinajstić information content (AvgIpc) is 2.67. The van der Waals surface area contributed by atoms with Crippen molar-refractivity contribution in [1.82, 2.24) is 0 Å². The lowest BCUT2D eigenvalue weighted by Gasteiger charge is -2.19. The Bertz CT molecular complexity index is 554. The summed E-state index contributed by atoms with van der Waals surface area (Å²) in [5.41, 5.74) is 5.69. The fourth-order valence-electron chi connectivity index (χ4n) is 2.46. The molecule has 1 aliphatic rings. The molecule has 0 bridgehead atoms. The molecule has 0 N–H and O–H groups in total. The Morgan fingerprint density at radius 1 is 0.800 bits per heavy atom. The largest absolute Gasteiger partial charge is 0.370 e. The van der Waals surface area contributed by atoms with Crippen LogP contribution in [0.25, 0.3) is 0 Å². The van der Waals surface area contributed by atoms with Crippen molar-refractivity contribution >= 4 is 5.69 Å². The van der Waals surface area contributed by atoms with Crippen LogP contribution in [0, 0.1) is 12.8 Å². The maximum absolute atomic E-state index is 4.00. The summed E-state index contributed by atoms with van der Waals surface area (Å²) in [5.74, 6) is 0. The van der Waals surface area contributed by atoms with Crippen molar-refractivity contribution in [3.63, 3.8) is 0 Å². The summed E-state index contributed by atoms with van der Waals surface area (Å²) in [7, 11) is 2.17. The van der Waals surface area contributed by atoms with Gasteiger partial charge < -0.3 is 4.90 Å². The van der Waals surface area contributed by atoms with Crippen LogP contribution in [0.3, 0.4) is 0 Å². The molecule has 0 atom stereocenters. The highest BCUT2D eigenvalue weighted by Crippen LogP contribution is 2.28. The van der Waals surface area contributed by atoms with Crippen LogP contribution in [0.5, 0.6) is 0 Å². The van der Waals surface area contributed by atoms with Gasteiger partial charge in [0.25, 0.3) is 0 Å². The number of fused-ring (bicyclic) bond motifs is 2. The molecular weight excluding hydrogens is 242 g/mol.